The van der Waals surface area contributed by atoms with Crippen LogP contribution in [0.1, 0.15) is 40.0 Å². The van der Waals surface area contributed by atoms with E-state index in [-0.39, 0.29) is 11.4 Å². The Kier molecular flexibility index (Phi) is 3.93. The fraction of sp³-hybridized carbons (Fsp3) is 0.909. The van der Waals surface area contributed by atoms with Gasteiger partial charge in [0.2, 0.25) is 0 Å². The second-order valence-corrected chi connectivity index (χ2v) is 4.99. The number of carbonyl (C=O) groups excluding carboxylic acids is 1. The zero-order valence-electron chi connectivity index (χ0n) is 9.51. The third-order valence-electron chi connectivity index (χ3n) is 2.44. The summed E-state index contributed by atoms with van der Waals surface area (Å²) >= 11 is 0. The number of piperidine rings is 1. The lowest BCUT2D eigenvalue weighted by molar-refractivity contribution is -0.158. The number of carbonyl (C=O) groups is 1. The molecule has 1 heterocycles. The van der Waals surface area contributed by atoms with Crippen LogP contribution in [0.4, 0.5) is 0 Å². The van der Waals surface area contributed by atoms with E-state index in [0.717, 1.165) is 13.1 Å². The first kappa shape index (κ1) is 11.5. The highest BCUT2D eigenvalue weighted by Crippen LogP contribution is 2.16. The Hall–Kier alpha value is -0.570. The molecular weight excluding hydrogens is 178 g/mol. The van der Waals surface area contributed by atoms with Gasteiger partial charge in [0.25, 0.3) is 0 Å². The van der Waals surface area contributed by atoms with Gasteiger partial charge in [0.15, 0.2) is 0 Å². The highest BCUT2D eigenvalue weighted by atomic mass is 16.5. The molecule has 82 valence electrons. The minimum Gasteiger partial charge on any atom is -0.449 e. The van der Waals surface area contributed by atoms with Crippen LogP contribution in [0.3, 0.4) is 0 Å². The fourth-order valence-electron chi connectivity index (χ4n) is 1.45. The number of ether oxygens (including phenoxy) is 1. The van der Waals surface area contributed by atoms with E-state index in [4.69, 9.17) is 4.74 Å². The van der Waals surface area contributed by atoms with Crippen molar-refractivity contribution in [3.8, 4) is 0 Å². The molecule has 14 heavy (non-hydrogen) atoms. The van der Waals surface area contributed by atoms with Crippen LogP contribution in [0.2, 0.25) is 0 Å². The van der Waals surface area contributed by atoms with Gasteiger partial charge in [-0.25, -0.2) is 0 Å². The van der Waals surface area contributed by atoms with Gasteiger partial charge in [-0.15, -0.1) is 0 Å². The van der Waals surface area contributed by atoms with E-state index < -0.39 is 0 Å². The molecule has 1 rings (SSSR count). The summed E-state index contributed by atoms with van der Waals surface area (Å²) in [5, 5.41) is 0. The lowest BCUT2D eigenvalue weighted by Gasteiger charge is -2.27. The molecule has 0 saturated carbocycles. The maximum atomic E-state index is 11.5. The van der Waals surface area contributed by atoms with Crippen LogP contribution in [0.5, 0.6) is 0 Å². The van der Waals surface area contributed by atoms with Crippen molar-refractivity contribution in [2.24, 2.45) is 5.41 Å². The second-order valence-electron chi connectivity index (χ2n) is 4.99. The molecule has 0 aliphatic carbocycles. The molecule has 0 unspecified atom stereocenters. The Balaban J connectivity index is 2.22. The molecule has 0 aromatic heterocycles. The summed E-state index contributed by atoms with van der Waals surface area (Å²) in [4.78, 5) is 13.7. The Labute approximate surface area is 86.4 Å². The number of rotatable bonds is 2. The van der Waals surface area contributed by atoms with Crippen molar-refractivity contribution in [2.45, 2.75) is 40.0 Å². The minimum atomic E-state index is -0.379. The van der Waals surface area contributed by atoms with Crippen molar-refractivity contribution in [2.75, 3.05) is 19.8 Å². The Bertz CT molecular complexity index is 190. The molecule has 0 N–H and O–H groups in total. The summed E-state index contributed by atoms with van der Waals surface area (Å²) in [7, 11) is 0. The maximum Gasteiger partial charge on any atom is 0.312 e. The molecule has 0 spiro atoms. The zero-order chi connectivity index (χ0) is 10.6. The van der Waals surface area contributed by atoms with E-state index in [1.54, 1.807) is 0 Å². The fourth-order valence-corrected chi connectivity index (χ4v) is 1.45. The summed E-state index contributed by atoms with van der Waals surface area (Å²) < 4.78 is 5.23. The summed E-state index contributed by atoms with van der Waals surface area (Å²) in [6, 6.07) is 0. The van der Waals surface area contributed by atoms with Gasteiger partial charge < -0.3 is 4.74 Å². The molecule has 1 saturated heterocycles. The molecule has 0 atom stereocenters. The average Bonchev–Trinajstić information content (AvgIpc) is 2.14. The highest BCUT2D eigenvalue weighted by Gasteiger charge is 2.23. The molecule has 1 aliphatic rings. The van der Waals surface area contributed by atoms with Crippen LogP contribution in [0.15, 0.2) is 0 Å². The standard InChI is InChI=1S/C11H21NO2/c1-11(2,3)10(13)14-9-12-7-5-4-6-8-12/h4-9H2,1-3H3. The van der Waals surface area contributed by atoms with Crippen LogP contribution in [-0.2, 0) is 9.53 Å². The van der Waals surface area contributed by atoms with Crippen LogP contribution in [-0.4, -0.2) is 30.7 Å². The van der Waals surface area contributed by atoms with E-state index in [0.29, 0.717) is 6.73 Å². The Morgan fingerprint density at radius 1 is 1.21 bits per heavy atom. The number of likely N-dealkylation sites (tertiary alicyclic amines) is 1. The minimum absolute atomic E-state index is 0.108. The van der Waals surface area contributed by atoms with E-state index in [1.165, 1.54) is 19.3 Å². The molecule has 0 amide bonds. The smallest absolute Gasteiger partial charge is 0.312 e. The summed E-state index contributed by atoms with van der Waals surface area (Å²) in [5.41, 5.74) is -0.379. The average molecular weight is 199 g/mol. The van der Waals surface area contributed by atoms with Gasteiger partial charge in [-0.1, -0.05) is 6.42 Å². The maximum absolute atomic E-state index is 11.5. The molecule has 0 radical (unpaired) electrons. The van der Waals surface area contributed by atoms with E-state index >= 15 is 0 Å². The topological polar surface area (TPSA) is 29.5 Å². The molecular formula is C11H21NO2. The van der Waals surface area contributed by atoms with Gasteiger partial charge in [-0.3, -0.25) is 9.69 Å². The van der Waals surface area contributed by atoms with Crippen molar-refractivity contribution in [3.05, 3.63) is 0 Å². The molecule has 3 nitrogen and oxygen atoms in total. The largest absolute Gasteiger partial charge is 0.449 e. The van der Waals surface area contributed by atoms with E-state index in [2.05, 4.69) is 4.90 Å². The molecule has 3 heteroatoms. The highest BCUT2D eigenvalue weighted by molar-refractivity contribution is 5.75. The second kappa shape index (κ2) is 4.78. The van der Waals surface area contributed by atoms with Crippen molar-refractivity contribution in [3.63, 3.8) is 0 Å². The van der Waals surface area contributed by atoms with Gasteiger partial charge in [0.05, 0.1) is 5.41 Å². The number of hydrogen-bond donors (Lipinski definition) is 0. The zero-order valence-corrected chi connectivity index (χ0v) is 9.51. The van der Waals surface area contributed by atoms with Crippen LogP contribution < -0.4 is 0 Å². The normalized spacial score (nSPS) is 19.4. The molecule has 1 aliphatic heterocycles. The lowest BCUT2D eigenvalue weighted by atomic mass is 9.97. The predicted molar refractivity (Wildman–Crippen MR) is 55.8 cm³/mol. The van der Waals surface area contributed by atoms with Crippen LogP contribution in [0, 0.1) is 5.41 Å². The SMILES string of the molecule is CC(C)(C)C(=O)OCN1CCCCC1. The quantitative estimate of drug-likeness (QED) is 0.637. The number of esters is 1. The van der Waals surface area contributed by atoms with Gasteiger partial charge in [-0.05, 0) is 33.6 Å². The van der Waals surface area contributed by atoms with Crippen molar-refractivity contribution in [1.82, 2.24) is 4.90 Å². The van der Waals surface area contributed by atoms with E-state index in [1.807, 2.05) is 20.8 Å². The predicted octanol–water partition coefficient (Wildman–Crippen LogP) is 2.02. The summed E-state index contributed by atoms with van der Waals surface area (Å²) in [6.45, 7) is 8.24. The van der Waals surface area contributed by atoms with Crippen molar-refractivity contribution < 1.29 is 9.53 Å². The third-order valence-corrected chi connectivity index (χ3v) is 2.44. The summed E-state index contributed by atoms with van der Waals surface area (Å²) in [5.74, 6) is -0.108. The molecule has 0 bridgehead atoms. The molecule has 1 fully saturated rings. The van der Waals surface area contributed by atoms with Crippen LogP contribution in [0.25, 0.3) is 0 Å². The Morgan fingerprint density at radius 3 is 2.29 bits per heavy atom. The monoisotopic (exact) mass is 199 g/mol. The van der Waals surface area contributed by atoms with Gasteiger partial charge in [-0.2, -0.15) is 0 Å². The third kappa shape index (κ3) is 3.66. The van der Waals surface area contributed by atoms with Crippen LogP contribution >= 0.6 is 0 Å². The number of nitrogens with zero attached hydrogens (tertiary/aromatic N) is 1. The molecule has 0 aromatic rings. The van der Waals surface area contributed by atoms with Gasteiger partial charge in [0, 0.05) is 13.1 Å². The molecule has 0 aromatic carbocycles. The van der Waals surface area contributed by atoms with Gasteiger partial charge in [0.1, 0.15) is 6.73 Å². The van der Waals surface area contributed by atoms with E-state index in [9.17, 15) is 4.79 Å². The van der Waals surface area contributed by atoms with Gasteiger partial charge >= 0.3 is 5.97 Å². The lowest BCUT2D eigenvalue weighted by Crippen LogP contribution is -2.35. The van der Waals surface area contributed by atoms with Crippen molar-refractivity contribution in [1.29, 1.82) is 0 Å². The first-order valence-electron chi connectivity index (χ1n) is 5.40. The summed E-state index contributed by atoms with van der Waals surface area (Å²) in [6.07, 6.45) is 3.77. The number of hydrogen-bond acceptors (Lipinski definition) is 3. The first-order chi connectivity index (χ1) is 6.50. The first-order valence-corrected chi connectivity index (χ1v) is 5.40. The van der Waals surface area contributed by atoms with Crippen molar-refractivity contribution >= 4 is 5.97 Å². The Morgan fingerprint density at radius 2 is 1.79 bits per heavy atom.